The first-order valence-corrected chi connectivity index (χ1v) is 9.17. The minimum atomic E-state index is -0.462. The lowest BCUT2D eigenvalue weighted by Crippen LogP contribution is -2.36. The fourth-order valence-electron chi connectivity index (χ4n) is 2.39. The van der Waals surface area contributed by atoms with Gasteiger partial charge >= 0.3 is 5.97 Å². The van der Waals surface area contributed by atoms with Crippen molar-refractivity contribution in [3.63, 3.8) is 0 Å². The number of benzene rings is 2. The van der Waals surface area contributed by atoms with Gasteiger partial charge in [-0.05, 0) is 37.3 Å². The Hall–Kier alpha value is -3.55. The van der Waals surface area contributed by atoms with Gasteiger partial charge in [-0.1, -0.05) is 18.2 Å². The van der Waals surface area contributed by atoms with E-state index < -0.39 is 5.97 Å². The quantitative estimate of drug-likeness (QED) is 0.359. The molecule has 0 spiro atoms. The molecule has 2 rings (SSSR count). The van der Waals surface area contributed by atoms with Crippen molar-refractivity contribution in [3.8, 4) is 17.2 Å². The van der Waals surface area contributed by atoms with Gasteiger partial charge in [0.15, 0.2) is 18.1 Å². The van der Waals surface area contributed by atoms with Gasteiger partial charge in [0.2, 0.25) is 0 Å². The van der Waals surface area contributed by atoms with E-state index in [9.17, 15) is 14.4 Å². The first-order valence-electron chi connectivity index (χ1n) is 9.17. The summed E-state index contributed by atoms with van der Waals surface area (Å²) < 4.78 is 15.9. The van der Waals surface area contributed by atoms with Gasteiger partial charge in [-0.15, -0.1) is 0 Å². The number of ether oxygens (including phenoxy) is 3. The van der Waals surface area contributed by atoms with E-state index in [1.54, 1.807) is 36.4 Å². The molecule has 8 nitrogen and oxygen atoms in total. The molecule has 0 aliphatic carbocycles. The maximum absolute atomic E-state index is 12.1. The van der Waals surface area contributed by atoms with E-state index in [2.05, 4.69) is 10.6 Å². The Balaban J connectivity index is 1.71. The molecule has 0 heterocycles. The molecule has 0 aromatic heterocycles. The van der Waals surface area contributed by atoms with Crippen molar-refractivity contribution in [2.24, 2.45) is 0 Å². The van der Waals surface area contributed by atoms with Crippen LogP contribution in [-0.2, 0) is 9.59 Å². The predicted octanol–water partition coefficient (Wildman–Crippen LogP) is 1.94. The lowest BCUT2D eigenvalue weighted by atomic mass is 10.2. The molecule has 29 heavy (non-hydrogen) atoms. The fourth-order valence-corrected chi connectivity index (χ4v) is 2.39. The van der Waals surface area contributed by atoms with E-state index in [-0.39, 0.29) is 31.5 Å². The molecule has 2 N–H and O–H groups in total. The molecular formula is C21H24N2O6. The van der Waals surface area contributed by atoms with Crippen LogP contribution in [0.25, 0.3) is 0 Å². The molecule has 0 radical (unpaired) electrons. The van der Waals surface area contributed by atoms with Gasteiger partial charge in [0, 0.05) is 25.6 Å². The predicted molar refractivity (Wildman–Crippen MR) is 106 cm³/mol. The molecule has 0 aliphatic heterocycles. The molecule has 2 amide bonds. The Morgan fingerprint density at radius 2 is 1.59 bits per heavy atom. The third kappa shape index (κ3) is 7.53. The maximum atomic E-state index is 12.1. The molecule has 154 valence electrons. The highest BCUT2D eigenvalue weighted by Crippen LogP contribution is 2.26. The molecule has 0 fully saturated rings. The third-order valence-electron chi connectivity index (χ3n) is 3.60. The molecule has 8 heteroatoms. The average molecular weight is 400 g/mol. The minimum absolute atomic E-state index is 0.164. The van der Waals surface area contributed by atoms with E-state index in [0.717, 1.165) is 0 Å². The molecule has 0 bridgehead atoms. The summed E-state index contributed by atoms with van der Waals surface area (Å²) in [5.74, 6) is 0.244. The van der Waals surface area contributed by atoms with Gasteiger partial charge < -0.3 is 24.8 Å². The number of hydrogen-bond acceptors (Lipinski definition) is 6. The molecule has 0 unspecified atom stereocenters. The van der Waals surface area contributed by atoms with Crippen LogP contribution < -0.4 is 24.8 Å². The monoisotopic (exact) mass is 400 g/mol. The van der Waals surface area contributed by atoms with Crippen LogP contribution in [0.4, 0.5) is 0 Å². The zero-order valence-electron chi connectivity index (χ0n) is 16.4. The Morgan fingerprint density at radius 1 is 0.897 bits per heavy atom. The lowest BCUT2D eigenvalue weighted by Gasteiger charge is -2.12. The molecular weight excluding hydrogens is 376 g/mol. The summed E-state index contributed by atoms with van der Waals surface area (Å²) in [6.45, 7) is 3.96. The smallest absolute Gasteiger partial charge is 0.308 e. The second-order valence-electron chi connectivity index (χ2n) is 5.90. The topological polar surface area (TPSA) is 103 Å². The summed E-state index contributed by atoms with van der Waals surface area (Å²) in [5, 5.41) is 5.34. The van der Waals surface area contributed by atoms with Crippen LogP contribution in [0.15, 0.2) is 48.5 Å². The number of carbonyl (C=O) groups excluding carboxylic acids is 3. The number of hydrogen-bond donors (Lipinski definition) is 2. The van der Waals surface area contributed by atoms with E-state index in [1.165, 1.54) is 13.0 Å². The summed E-state index contributed by atoms with van der Waals surface area (Å²) in [4.78, 5) is 35.0. The average Bonchev–Trinajstić information content (AvgIpc) is 2.70. The lowest BCUT2D eigenvalue weighted by molar-refractivity contribution is -0.131. The normalized spacial score (nSPS) is 10.0. The third-order valence-corrected chi connectivity index (χ3v) is 3.60. The van der Waals surface area contributed by atoms with E-state index in [0.29, 0.717) is 29.4 Å². The van der Waals surface area contributed by atoms with Crippen molar-refractivity contribution in [1.82, 2.24) is 10.6 Å². The number of esters is 1. The number of carbonyl (C=O) groups is 3. The van der Waals surface area contributed by atoms with Crippen LogP contribution in [0.1, 0.15) is 24.2 Å². The van der Waals surface area contributed by atoms with Gasteiger partial charge in [-0.25, -0.2) is 0 Å². The van der Waals surface area contributed by atoms with E-state index >= 15 is 0 Å². The fraction of sp³-hybridized carbons (Fsp3) is 0.286. The van der Waals surface area contributed by atoms with Crippen molar-refractivity contribution >= 4 is 17.8 Å². The van der Waals surface area contributed by atoms with Gasteiger partial charge in [-0.2, -0.15) is 0 Å². The zero-order chi connectivity index (χ0) is 21.1. The van der Waals surface area contributed by atoms with Gasteiger partial charge in [0.25, 0.3) is 11.8 Å². The van der Waals surface area contributed by atoms with Crippen LogP contribution in [0.3, 0.4) is 0 Å². The summed E-state index contributed by atoms with van der Waals surface area (Å²) in [6.07, 6.45) is 0. The minimum Gasteiger partial charge on any atom is -0.490 e. The van der Waals surface area contributed by atoms with Crippen LogP contribution >= 0.6 is 0 Å². The molecule has 0 saturated heterocycles. The van der Waals surface area contributed by atoms with E-state index in [4.69, 9.17) is 14.2 Å². The van der Waals surface area contributed by atoms with Gasteiger partial charge in [-0.3, -0.25) is 14.4 Å². The van der Waals surface area contributed by atoms with Crippen LogP contribution in [-0.4, -0.2) is 44.1 Å². The summed E-state index contributed by atoms with van der Waals surface area (Å²) in [6, 6.07) is 13.4. The van der Waals surface area contributed by atoms with Crippen molar-refractivity contribution in [2.45, 2.75) is 13.8 Å². The van der Waals surface area contributed by atoms with Crippen molar-refractivity contribution in [1.29, 1.82) is 0 Å². The number of amides is 2. The number of nitrogens with one attached hydrogen (secondary N) is 2. The van der Waals surface area contributed by atoms with E-state index in [1.807, 2.05) is 13.0 Å². The first-order chi connectivity index (χ1) is 14.0. The van der Waals surface area contributed by atoms with Crippen molar-refractivity contribution < 1.29 is 28.6 Å². The van der Waals surface area contributed by atoms with Gasteiger partial charge in [0.05, 0.1) is 6.61 Å². The maximum Gasteiger partial charge on any atom is 0.308 e. The zero-order valence-corrected chi connectivity index (χ0v) is 16.4. The Bertz CT molecular complexity index is 853. The highest BCUT2D eigenvalue weighted by Gasteiger charge is 2.09. The molecule has 0 aliphatic rings. The highest BCUT2D eigenvalue weighted by atomic mass is 16.5. The number of rotatable bonds is 10. The van der Waals surface area contributed by atoms with Crippen molar-refractivity contribution in [3.05, 3.63) is 54.1 Å². The Morgan fingerprint density at radius 3 is 2.28 bits per heavy atom. The van der Waals surface area contributed by atoms with Crippen LogP contribution in [0, 0.1) is 0 Å². The summed E-state index contributed by atoms with van der Waals surface area (Å²) in [7, 11) is 0. The van der Waals surface area contributed by atoms with Crippen LogP contribution in [0.5, 0.6) is 17.2 Å². The molecule has 2 aromatic carbocycles. The Labute approximate surface area is 169 Å². The molecule has 2 aromatic rings. The second kappa shape index (κ2) is 11.3. The first kappa shape index (κ1) is 21.7. The Kier molecular flexibility index (Phi) is 8.50. The molecule has 0 atom stereocenters. The summed E-state index contributed by atoms with van der Waals surface area (Å²) in [5.41, 5.74) is 0.353. The second-order valence-corrected chi connectivity index (χ2v) is 5.90. The van der Waals surface area contributed by atoms with Crippen LogP contribution in [0.2, 0.25) is 0 Å². The highest BCUT2D eigenvalue weighted by molar-refractivity contribution is 5.94. The standard InChI is InChI=1S/C21H24N2O6/c1-3-27-18-9-4-5-10-19(18)28-14-20(25)22-11-12-23-21(26)16-7-6-8-17(13-16)29-15(2)24/h4-10,13H,3,11-12,14H2,1-2H3,(H,22,25)(H,23,26). The van der Waals surface area contributed by atoms with Crippen molar-refractivity contribution in [2.75, 3.05) is 26.3 Å². The van der Waals surface area contributed by atoms with Gasteiger partial charge in [0.1, 0.15) is 5.75 Å². The largest absolute Gasteiger partial charge is 0.490 e. The summed E-state index contributed by atoms with van der Waals surface area (Å²) >= 11 is 0. The molecule has 0 saturated carbocycles. The SMILES string of the molecule is CCOc1ccccc1OCC(=O)NCCNC(=O)c1cccc(OC(C)=O)c1. The number of para-hydroxylation sites is 2.